The predicted octanol–water partition coefficient (Wildman–Crippen LogP) is 3.47. The van der Waals surface area contributed by atoms with Crippen molar-refractivity contribution in [2.24, 2.45) is 29.1 Å². The molecule has 206 valence electrons. The molecule has 6 nitrogen and oxygen atoms in total. The summed E-state index contributed by atoms with van der Waals surface area (Å²) >= 11 is 0. The third-order valence-electron chi connectivity index (χ3n) is 11.9. The van der Waals surface area contributed by atoms with E-state index in [0.29, 0.717) is 41.5 Å². The highest BCUT2D eigenvalue weighted by Gasteiger charge is 2.63. The van der Waals surface area contributed by atoms with Crippen LogP contribution in [0.25, 0.3) is 0 Å². The Bertz CT molecular complexity index is 739. The Kier molecular flexibility index (Phi) is 7.75. The summed E-state index contributed by atoms with van der Waals surface area (Å²) in [6.07, 6.45) is 15.2. The fourth-order valence-corrected chi connectivity index (χ4v) is 9.89. The standard InChI is InChI=1S/C30H53N3O3/c1-31-25-16-23(35-2)10-11-24(25)28-29(31)26(19-34)33(18-22-6-4-5-7-27(22)36-3)20-30(28)12-14-32(15-13-30)17-21-8-9-21/h21-29,34H,4-20H2,1-3H3/t22?,23?,24?,25?,26-,27?,28?,29?/m1/s1. The molecule has 1 spiro atoms. The Hall–Kier alpha value is -0.240. The number of aliphatic hydroxyl groups is 1. The molecule has 0 aromatic heterocycles. The summed E-state index contributed by atoms with van der Waals surface area (Å²) in [5.74, 6) is 3.07. The number of aliphatic hydroxyl groups excluding tert-OH is 1. The first-order valence-electron chi connectivity index (χ1n) is 15.4. The summed E-state index contributed by atoms with van der Waals surface area (Å²) in [5.41, 5.74) is 0.390. The van der Waals surface area contributed by atoms with Gasteiger partial charge in [-0.1, -0.05) is 12.8 Å². The average Bonchev–Trinajstić information content (AvgIpc) is 3.68. The van der Waals surface area contributed by atoms with Gasteiger partial charge in [-0.15, -0.1) is 0 Å². The quantitative estimate of drug-likeness (QED) is 0.574. The smallest absolute Gasteiger partial charge is 0.0611 e. The normalized spacial score (nSPS) is 44.0. The first-order valence-corrected chi connectivity index (χ1v) is 15.4. The van der Waals surface area contributed by atoms with Crippen LogP contribution < -0.4 is 0 Å². The average molecular weight is 504 g/mol. The predicted molar refractivity (Wildman–Crippen MR) is 143 cm³/mol. The minimum absolute atomic E-state index is 0.251. The zero-order valence-electron chi connectivity index (χ0n) is 23.3. The van der Waals surface area contributed by atoms with Crippen molar-refractivity contribution in [3.8, 4) is 0 Å². The first kappa shape index (κ1) is 26.0. The van der Waals surface area contributed by atoms with Gasteiger partial charge < -0.3 is 19.5 Å². The number of nitrogens with zero attached hydrogens (tertiary/aromatic N) is 3. The summed E-state index contributed by atoms with van der Waals surface area (Å²) in [7, 11) is 6.21. The van der Waals surface area contributed by atoms with Crippen LogP contribution in [-0.4, -0.2) is 111 Å². The highest BCUT2D eigenvalue weighted by molar-refractivity contribution is 5.16. The molecule has 6 aliphatic rings. The van der Waals surface area contributed by atoms with Crippen LogP contribution in [0.1, 0.15) is 70.6 Å². The summed E-state index contributed by atoms with van der Waals surface area (Å²) in [4.78, 5) is 8.31. The van der Waals surface area contributed by atoms with E-state index >= 15 is 0 Å². The number of likely N-dealkylation sites (tertiary alicyclic amines) is 3. The van der Waals surface area contributed by atoms with Crippen LogP contribution in [0.3, 0.4) is 0 Å². The molecule has 6 fully saturated rings. The van der Waals surface area contributed by atoms with E-state index < -0.39 is 0 Å². The molecule has 3 heterocycles. The fraction of sp³-hybridized carbons (Fsp3) is 1.00. The summed E-state index contributed by atoms with van der Waals surface area (Å²) in [6, 6.07) is 1.32. The minimum Gasteiger partial charge on any atom is -0.395 e. The van der Waals surface area contributed by atoms with Crippen LogP contribution in [0.5, 0.6) is 0 Å². The second-order valence-electron chi connectivity index (χ2n) is 13.7. The minimum atomic E-state index is 0.251. The molecule has 7 unspecified atom stereocenters. The van der Waals surface area contributed by atoms with Crippen LogP contribution in [0.4, 0.5) is 0 Å². The lowest BCUT2D eigenvalue weighted by atomic mass is 9.57. The van der Waals surface area contributed by atoms with Crippen molar-refractivity contribution in [3.05, 3.63) is 0 Å². The van der Waals surface area contributed by atoms with E-state index in [0.717, 1.165) is 18.4 Å². The highest BCUT2D eigenvalue weighted by atomic mass is 16.5. The van der Waals surface area contributed by atoms with Gasteiger partial charge in [-0.05, 0) is 107 Å². The van der Waals surface area contributed by atoms with Crippen molar-refractivity contribution in [1.29, 1.82) is 0 Å². The number of ether oxygens (including phenoxy) is 2. The van der Waals surface area contributed by atoms with Gasteiger partial charge in [0.2, 0.25) is 0 Å². The van der Waals surface area contributed by atoms with E-state index in [9.17, 15) is 5.11 Å². The number of methoxy groups -OCH3 is 2. The van der Waals surface area contributed by atoms with E-state index in [4.69, 9.17) is 9.47 Å². The maximum atomic E-state index is 10.9. The van der Waals surface area contributed by atoms with Crippen molar-refractivity contribution < 1.29 is 14.6 Å². The van der Waals surface area contributed by atoms with Crippen LogP contribution in [0.2, 0.25) is 0 Å². The van der Waals surface area contributed by atoms with Gasteiger partial charge in [0.05, 0.1) is 18.8 Å². The van der Waals surface area contributed by atoms with E-state index in [-0.39, 0.29) is 12.6 Å². The zero-order chi connectivity index (χ0) is 24.9. The van der Waals surface area contributed by atoms with Gasteiger partial charge in [0, 0.05) is 52.0 Å². The van der Waals surface area contributed by atoms with Crippen molar-refractivity contribution in [3.63, 3.8) is 0 Å². The fourth-order valence-electron chi connectivity index (χ4n) is 9.89. The molecule has 0 aromatic rings. The van der Waals surface area contributed by atoms with Gasteiger partial charge in [-0.2, -0.15) is 0 Å². The summed E-state index contributed by atoms with van der Waals surface area (Å²) in [5, 5.41) is 10.9. The largest absolute Gasteiger partial charge is 0.395 e. The number of likely N-dealkylation sites (N-methyl/N-ethyl adjacent to an activating group) is 1. The molecule has 0 aromatic carbocycles. The van der Waals surface area contributed by atoms with Crippen LogP contribution in [0.15, 0.2) is 0 Å². The molecule has 0 amide bonds. The van der Waals surface area contributed by atoms with Crippen molar-refractivity contribution in [2.45, 2.75) is 101 Å². The summed E-state index contributed by atoms with van der Waals surface area (Å²) in [6.45, 7) is 6.48. The molecular formula is C30H53N3O3. The Morgan fingerprint density at radius 3 is 2.39 bits per heavy atom. The third-order valence-corrected chi connectivity index (χ3v) is 11.9. The zero-order valence-corrected chi connectivity index (χ0v) is 23.3. The molecular weight excluding hydrogens is 450 g/mol. The monoisotopic (exact) mass is 503 g/mol. The Morgan fingerprint density at radius 1 is 0.917 bits per heavy atom. The van der Waals surface area contributed by atoms with Gasteiger partial charge in [-0.3, -0.25) is 9.80 Å². The van der Waals surface area contributed by atoms with Gasteiger partial charge >= 0.3 is 0 Å². The van der Waals surface area contributed by atoms with Gasteiger partial charge in [-0.25, -0.2) is 0 Å². The molecule has 0 radical (unpaired) electrons. The number of fused-ring (bicyclic) bond motifs is 4. The molecule has 3 saturated carbocycles. The van der Waals surface area contributed by atoms with E-state index in [1.807, 2.05) is 14.2 Å². The van der Waals surface area contributed by atoms with Crippen LogP contribution in [-0.2, 0) is 9.47 Å². The molecule has 1 N–H and O–H groups in total. The number of piperidine rings is 2. The Morgan fingerprint density at radius 2 is 1.69 bits per heavy atom. The molecule has 6 heteroatoms. The van der Waals surface area contributed by atoms with E-state index in [1.165, 1.54) is 96.8 Å². The summed E-state index contributed by atoms with van der Waals surface area (Å²) < 4.78 is 11.9. The SMILES string of the molecule is COC1CCC2C(C1)N(C)C1C2C2(CCN(CC3CC3)CC2)CN(CC2CCCCC2OC)[C@@H]1CO. The lowest BCUT2D eigenvalue weighted by molar-refractivity contribution is -0.109. The van der Waals surface area contributed by atoms with Gasteiger partial charge in [0.15, 0.2) is 0 Å². The molecule has 3 aliphatic heterocycles. The number of hydrogen-bond donors (Lipinski definition) is 1. The maximum Gasteiger partial charge on any atom is 0.0611 e. The second-order valence-corrected chi connectivity index (χ2v) is 13.7. The molecule has 3 aliphatic carbocycles. The molecule has 0 bridgehead atoms. The van der Waals surface area contributed by atoms with Crippen LogP contribution >= 0.6 is 0 Å². The molecule has 36 heavy (non-hydrogen) atoms. The Labute approximate surface area is 220 Å². The van der Waals surface area contributed by atoms with E-state index in [1.54, 1.807) is 0 Å². The maximum absolute atomic E-state index is 10.9. The molecule has 6 rings (SSSR count). The second kappa shape index (κ2) is 10.7. The number of hydrogen-bond acceptors (Lipinski definition) is 6. The topological polar surface area (TPSA) is 48.4 Å². The van der Waals surface area contributed by atoms with Crippen molar-refractivity contribution in [1.82, 2.24) is 14.7 Å². The number of rotatable bonds is 7. The van der Waals surface area contributed by atoms with Crippen LogP contribution in [0, 0.1) is 29.1 Å². The lowest BCUT2D eigenvalue weighted by Gasteiger charge is -2.59. The van der Waals surface area contributed by atoms with Gasteiger partial charge in [0.1, 0.15) is 0 Å². The van der Waals surface area contributed by atoms with Crippen molar-refractivity contribution in [2.75, 3.05) is 60.6 Å². The first-order chi connectivity index (χ1) is 17.6. The lowest BCUT2D eigenvalue weighted by Crippen LogP contribution is -2.67. The third kappa shape index (κ3) is 4.70. The van der Waals surface area contributed by atoms with Crippen molar-refractivity contribution >= 4 is 0 Å². The molecule has 3 saturated heterocycles. The van der Waals surface area contributed by atoms with Gasteiger partial charge in [0.25, 0.3) is 0 Å². The highest BCUT2D eigenvalue weighted by Crippen LogP contribution is 2.58. The molecule has 8 atom stereocenters. The Balaban J connectivity index is 1.28. The van der Waals surface area contributed by atoms with E-state index in [2.05, 4.69) is 21.7 Å².